The van der Waals surface area contributed by atoms with Crippen LogP contribution in [0.3, 0.4) is 0 Å². The Morgan fingerprint density at radius 1 is 1.50 bits per heavy atom. The summed E-state index contributed by atoms with van der Waals surface area (Å²) < 4.78 is 0.691. The van der Waals surface area contributed by atoms with Crippen LogP contribution in [-0.2, 0) is 0 Å². The Morgan fingerprint density at radius 2 is 2.21 bits per heavy atom. The van der Waals surface area contributed by atoms with Crippen LogP contribution in [0.25, 0.3) is 11.0 Å². The molecule has 2 rings (SSSR count). The average Bonchev–Trinajstić information content (AvgIpc) is 2.45. The molecule has 1 amide bonds. The number of hydrogen-bond donors (Lipinski definition) is 3. The fraction of sp³-hybridized carbons (Fsp3) is 0. The summed E-state index contributed by atoms with van der Waals surface area (Å²) in [5.41, 5.74) is 12.4. The number of nitrogen functional groups attached to an aromatic ring is 1. The van der Waals surface area contributed by atoms with Gasteiger partial charge in [0, 0.05) is 10.0 Å². The number of primary amides is 1. The van der Waals surface area contributed by atoms with E-state index in [-0.39, 0.29) is 0 Å². The molecule has 0 fully saturated rings. The number of anilines is 1. The van der Waals surface area contributed by atoms with Gasteiger partial charge in [0.15, 0.2) is 5.95 Å². The van der Waals surface area contributed by atoms with Gasteiger partial charge < -0.3 is 16.5 Å². The number of nitrogens with two attached hydrogens (primary N) is 2. The van der Waals surface area contributed by atoms with Gasteiger partial charge in [-0.25, -0.2) is 4.98 Å². The minimum absolute atomic E-state index is 0.308. The number of rotatable bonds is 1. The zero-order valence-electron chi connectivity index (χ0n) is 7.04. The molecule has 0 radical (unpaired) electrons. The second-order valence-corrected chi connectivity index (χ2v) is 3.69. The molecule has 5 nitrogen and oxygen atoms in total. The van der Waals surface area contributed by atoms with Crippen molar-refractivity contribution in [2.45, 2.75) is 0 Å². The average molecular weight is 255 g/mol. The number of nitrogens with zero attached hydrogens (tertiary/aromatic N) is 1. The molecule has 0 spiro atoms. The SMILES string of the molecule is NC(=O)c1cc(Br)c2nc(N)[nH]c2c1. The molecule has 72 valence electrons. The molecule has 2 aromatic rings. The number of nitrogens with one attached hydrogen (secondary N) is 1. The van der Waals surface area contributed by atoms with Crippen molar-refractivity contribution >= 4 is 38.8 Å². The van der Waals surface area contributed by atoms with E-state index in [1.807, 2.05) is 0 Å². The van der Waals surface area contributed by atoms with E-state index in [2.05, 4.69) is 25.9 Å². The van der Waals surface area contributed by atoms with Gasteiger partial charge in [-0.1, -0.05) is 0 Å². The molecule has 0 aliphatic heterocycles. The summed E-state index contributed by atoms with van der Waals surface area (Å²) in [5.74, 6) is -0.178. The zero-order chi connectivity index (χ0) is 10.3. The van der Waals surface area contributed by atoms with Crippen LogP contribution in [0.2, 0.25) is 0 Å². The Labute approximate surface area is 87.6 Å². The molecule has 14 heavy (non-hydrogen) atoms. The molecule has 0 atom stereocenters. The Kier molecular flexibility index (Phi) is 1.92. The molecule has 0 saturated heterocycles. The minimum Gasteiger partial charge on any atom is -0.369 e. The Balaban J connectivity index is 2.77. The van der Waals surface area contributed by atoms with Gasteiger partial charge >= 0.3 is 0 Å². The van der Waals surface area contributed by atoms with Crippen LogP contribution >= 0.6 is 15.9 Å². The van der Waals surface area contributed by atoms with E-state index >= 15 is 0 Å². The van der Waals surface area contributed by atoms with E-state index in [4.69, 9.17) is 11.5 Å². The van der Waals surface area contributed by atoms with Crippen LogP contribution in [0, 0.1) is 0 Å². The van der Waals surface area contributed by atoms with Crippen LogP contribution < -0.4 is 11.5 Å². The number of hydrogen-bond acceptors (Lipinski definition) is 3. The lowest BCUT2D eigenvalue weighted by molar-refractivity contribution is 0.100. The Morgan fingerprint density at radius 3 is 2.86 bits per heavy atom. The number of halogens is 1. The van der Waals surface area contributed by atoms with E-state index in [0.29, 0.717) is 27.0 Å². The third kappa shape index (κ3) is 1.33. The summed E-state index contributed by atoms with van der Waals surface area (Å²) in [6.45, 7) is 0. The lowest BCUT2D eigenvalue weighted by Gasteiger charge is -1.97. The molecular formula is C8H7BrN4O. The van der Waals surface area contributed by atoms with Crippen LogP contribution in [-0.4, -0.2) is 15.9 Å². The molecule has 1 aromatic heterocycles. The molecule has 0 bridgehead atoms. The van der Waals surface area contributed by atoms with Crippen molar-refractivity contribution in [2.24, 2.45) is 5.73 Å². The molecular weight excluding hydrogens is 248 g/mol. The Bertz CT molecular complexity index is 519. The predicted molar refractivity (Wildman–Crippen MR) is 56.7 cm³/mol. The maximum Gasteiger partial charge on any atom is 0.248 e. The third-order valence-electron chi connectivity index (χ3n) is 1.84. The summed E-state index contributed by atoms with van der Waals surface area (Å²) >= 11 is 3.28. The fourth-order valence-electron chi connectivity index (χ4n) is 1.24. The molecule has 0 aliphatic rings. The molecule has 0 aliphatic carbocycles. The number of imidazole rings is 1. The summed E-state index contributed by atoms with van der Waals surface area (Å²) in [4.78, 5) is 17.8. The topological polar surface area (TPSA) is 97.8 Å². The van der Waals surface area contributed by atoms with Crippen LogP contribution in [0.15, 0.2) is 16.6 Å². The highest BCUT2D eigenvalue weighted by Crippen LogP contribution is 2.24. The number of aromatic nitrogens is 2. The van der Waals surface area contributed by atoms with Crippen molar-refractivity contribution in [1.29, 1.82) is 0 Å². The van der Waals surface area contributed by atoms with Gasteiger partial charge in [0.2, 0.25) is 5.91 Å². The molecule has 6 heteroatoms. The number of aromatic amines is 1. The summed E-state index contributed by atoms with van der Waals surface area (Å²) in [6.07, 6.45) is 0. The standard InChI is InChI=1S/C8H7BrN4O/c9-4-1-3(7(10)14)2-5-6(4)13-8(11)12-5/h1-2H,(H2,10,14)(H3,11,12,13). The minimum atomic E-state index is -0.485. The van der Waals surface area contributed by atoms with Crippen LogP contribution in [0.1, 0.15) is 10.4 Å². The highest BCUT2D eigenvalue weighted by atomic mass is 79.9. The largest absolute Gasteiger partial charge is 0.369 e. The highest BCUT2D eigenvalue weighted by molar-refractivity contribution is 9.10. The van der Waals surface area contributed by atoms with Crippen molar-refractivity contribution in [3.05, 3.63) is 22.2 Å². The maximum atomic E-state index is 10.9. The summed E-state index contributed by atoms with van der Waals surface area (Å²) in [6, 6.07) is 3.23. The fourth-order valence-corrected chi connectivity index (χ4v) is 1.79. The number of benzene rings is 1. The maximum absolute atomic E-state index is 10.9. The number of fused-ring (bicyclic) bond motifs is 1. The molecule has 5 N–H and O–H groups in total. The van der Waals surface area contributed by atoms with E-state index in [9.17, 15) is 4.79 Å². The lowest BCUT2D eigenvalue weighted by Crippen LogP contribution is -2.10. The highest BCUT2D eigenvalue weighted by Gasteiger charge is 2.09. The quantitative estimate of drug-likeness (QED) is 0.709. The second-order valence-electron chi connectivity index (χ2n) is 2.84. The first-order chi connectivity index (χ1) is 6.58. The van der Waals surface area contributed by atoms with Gasteiger partial charge in [0.25, 0.3) is 0 Å². The van der Waals surface area contributed by atoms with E-state index < -0.39 is 5.91 Å². The van der Waals surface area contributed by atoms with Crippen LogP contribution in [0.5, 0.6) is 0 Å². The monoisotopic (exact) mass is 254 g/mol. The van der Waals surface area contributed by atoms with Crippen molar-refractivity contribution in [2.75, 3.05) is 5.73 Å². The number of carbonyl (C=O) groups excluding carboxylic acids is 1. The number of carbonyl (C=O) groups is 1. The van der Waals surface area contributed by atoms with E-state index in [1.54, 1.807) is 12.1 Å². The van der Waals surface area contributed by atoms with Gasteiger partial charge in [0.1, 0.15) is 5.52 Å². The van der Waals surface area contributed by atoms with Gasteiger partial charge in [-0.3, -0.25) is 4.79 Å². The predicted octanol–water partition coefficient (Wildman–Crippen LogP) is 1.01. The van der Waals surface area contributed by atoms with Crippen molar-refractivity contribution < 1.29 is 4.79 Å². The first kappa shape index (κ1) is 9.01. The van der Waals surface area contributed by atoms with E-state index in [1.165, 1.54) is 0 Å². The summed E-state index contributed by atoms with van der Waals surface area (Å²) in [5, 5.41) is 0. The smallest absolute Gasteiger partial charge is 0.248 e. The zero-order valence-corrected chi connectivity index (χ0v) is 8.63. The van der Waals surface area contributed by atoms with Crippen molar-refractivity contribution in [1.82, 2.24) is 9.97 Å². The van der Waals surface area contributed by atoms with Gasteiger partial charge in [-0.2, -0.15) is 0 Å². The van der Waals surface area contributed by atoms with E-state index in [0.717, 1.165) is 0 Å². The normalized spacial score (nSPS) is 10.6. The first-order valence-corrected chi connectivity index (χ1v) is 4.62. The van der Waals surface area contributed by atoms with Gasteiger partial charge in [-0.05, 0) is 28.1 Å². The van der Waals surface area contributed by atoms with Crippen molar-refractivity contribution in [3.8, 4) is 0 Å². The van der Waals surface area contributed by atoms with Crippen LogP contribution in [0.4, 0.5) is 5.95 Å². The van der Waals surface area contributed by atoms with Gasteiger partial charge in [-0.15, -0.1) is 0 Å². The molecule has 1 aromatic carbocycles. The second kappa shape index (κ2) is 2.98. The van der Waals surface area contributed by atoms with Crippen molar-refractivity contribution in [3.63, 3.8) is 0 Å². The van der Waals surface area contributed by atoms with Gasteiger partial charge in [0.05, 0.1) is 5.52 Å². The summed E-state index contributed by atoms with van der Waals surface area (Å²) in [7, 11) is 0. The number of amides is 1. The first-order valence-electron chi connectivity index (χ1n) is 3.82. The molecule has 0 saturated carbocycles. The molecule has 1 heterocycles. The Hall–Kier alpha value is -1.56. The number of H-pyrrole nitrogens is 1. The lowest BCUT2D eigenvalue weighted by atomic mass is 10.2. The molecule has 0 unspecified atom stereocenters. The third-order valence-corrected chi connectivity index (χ3v) is 2.45.